The number of amides is 1. The summed E-state index contributed by atoms with van der Waals surface area (Å²) in [6, 6.07) is 23.4. The number of hydrogen-bond acceptors (Lipinski definition) is 6. The Morgan fingerprint density at radius 1 is 0.959 bits per heavy atom. The number of halogens is 2. The first-order valence-electron chi connectivity index (χ1n) is 14.5. The van der Waals surface area contributed by atoms with Gasteiger partial charge in [0, 0.05) is 44.8 Å². The summed E-state index contributed by atoms with van der Waals surface area (Å²) in [6.07, 6.45) is 0. The van der Waals surface area contributed by atoms with Gasteiger partial charge in [-0.25, -0.2) is 21.6 Å². The summed E-state index contributed by atoms with van der Waals surface area (Å²) in [5, 5.41) is 4.93. The van der Waals surface area contributed by atoms with E-state index in [1.54, 1.807) is 53.9 Å². The van der Waals surface area contributed by atoms with Gasteiger partial charge < -0.3 is 5.32 Å². The van der Waals surface area contributed by atoms with Crippen LogP contribution in [0, 0.1) is 19.3 Å². The first-order chi connectivity index (χ1) is 23.3. The Labute approximate surface area is 290 Å². The molecule has 6 aromatic rings. The molecule has 1 amide bonds. The number of aryl methyl sites for hydroxylation is 1. The summed E-state index contributed by atoms with van der Waals surface area (Å²) in [5.74, 6) is -1.82. The quantitative estimate of drug-likeness (QED) is 0.114. The molecule has 0 saturated heterocycles. The van der Waals surface area contributed by atoms with E-state index in [1.165, 1.54) is 57.8 Å². The van der Waals surface area contributed by atoms with Gasteiger partial charge in [0.2, 0.25) is 5.00 Å². The van der Waals surface area contributed by atoms with E-state index >= 15 is 0 Å². The number of nitrogens with zero attached hydrogens (tertiary/aromatic N) is 2. The minimum atomic E-state index is -4.29. The van der Waals surface area contributed by atoms with Crippen molar-refractivity contribution in [2.75, 3.05) is 12.3 Å². The predicted octanol–water partition coefficient (Wildman–Crippen LogP) is 8.21. The van der Waals surface area contributed by atoms with Crippen LogP contribution >= 0.6 is 22.9 Å². The van der Waals surface area contributed by atoms with Crippen molar-refractivity contribution >= 4 is 64.9 Å². The minimum Gasteiger partial charge on any atom is -0.351 e. The summed E-state index contributed by atoms with van der Waals surface area (Å²) >= 11 is 7.84. The third kappa shape index (κ3) is 6.74. The molecular weight excluding hydrogens is 709 g/mol. The number of thiophene rings is 1. The minimum absolute atomic E-state index is 0.0208. The van der Waals surface area contributed by atoms with Crippen molar-refractivity contribution in [3.63, 3.8) is 0 Å². The van der Waals surface area contributed by atoms with Crippen LogP contribution in [-0.4, -0.2) is 43.6 Å². The first kappa shape index (κ1) is 34.0. The van der Waals surface area contributed by atoms with Gasteiger partial charge in [-0.3, -0.25) is 9.35 Å². The lowest BCUT2D eigenvalue weighted by Crippen LogP contribution is -2.28. The molecule has 0 aliphatic carbocycles. The third-order valence-corrected chi connectivity index (χ3v) is 11.4. The van der Waals surface area contributed by atoms with Crippen molar-refractivity contribution in [2.45, 2.75) is 11.8 Å². The smallest absolute Gasteiger partial charge is 0.268 e. The van der Waals surface area contributed by atoms with E-state index in [4.69, 9.17) is 22.7 Å². The Morgan fingerprint density at radius 3 is 2.39 bits per heavy atom. The molecule has 0 atom stereocenters. The molecule has 0 radical (unpaired) electrons. The van der Waals surface area contributed by atoms with Crippen LogP contribution in [0.3, 0.4) is 0 Å². The zero-order valence-electron chi connectivity index (χ0n) is 25.5. The Morgan fingerprint density at radius 2 is 1.69 bits per heavy atom. The summed E-state index contributed by atoms with van der Waals surface area (Å²) < 4.78 is 76.0. The maximum Gasteiger partial charge on any atom is 0.268 e. The lowest BCUT2D eigenvalue weighted by Gasteiger charge is -2.15. The number of carbonyl (C=O) groups excluding carboxylic acids is 1. The Balaban J connectivity index is 1.56. The number of benzene rings is 4. The topological polar surface area (TPSA) is 127 Å². The third-order valence-electron chi connectivity index (χ3n) is 7.79. The van der Waals surface area contributed by atoms with E-state index in [0.29, 0.717) is 38.2 Å². The standard InChI is InChI=1S/C35H25ClFN3O6S3/c1-21-6-10-26(11-7-21)49(45,46)40-31-13-9-25(37)20-29(31)32(28-14-16-47-35(28)38-2)33(40)23-5-3-4-22(18-23)27-12-8-24(19-30(27)36)34(41)39-15-17-48(42,43)44/h3-14,16,18-20H,15,17H2,1H3,(H,39,41)(H,42,43,44). The number of aromatic nitrogens is 1. The largest absolute Gasteiger partial charge is 0.351 e. The summed E-state index contributed by atoms with van der Waals surface area (Å²) in [7, 11) is -8.54. The van der Waals surface area contributed by atoms with Gasteiger partial charge in [0.25, 0.3) is 26.0 Å². The highest BCUT2D eigenvalue weighted by molar-refractivity contribution is 7.90. The molecule has 0 spiro atoms. The van der Waals surface area contributed by atoms with Gasteiger partial charge in [0.15, 0.2) is 0 Å². The van der Waals surface area contributed by atoms with Crippen LogP contribution in [0.4, 0.5) is 9.39 Å². The average molecular weight is 734 g/mol. The molecule has 0 unspecified atom stereocenters. The van der Waals surface area contributed by atoms with Gasteiger partial charge in [0.1, 0.15) is 5.82 Å². The molecule has 0 saturated carbocycles. The fraction of sp³-hybridized carbons (Fsp3) is 0.0857. The summed E-state index contributed by atoms with van der Waals surface area (Å²) in [6.45, 7) is 9.34. The van der Waals surface area contributed by atoms with E-state index in [0.717, 1.165) is 5.56 Å². The molecule has 0 aliphatic rings. The van der Waals surface area contributed by atoms with Crippen LogP contribution in [0.2, 0.25) is 5.02 Å². The van der Waals surface area contributed by atoms with Gasteiger partial charge >= 0.3 is 0 Å². The second-order valence-corrected chi connectivity index (χ2v) is 15.7. The second kappa shape index (κ2) is 13.2. The molecule has 0 aliphatic heterocycles. The van der Waals surface area contributed by atoms with E-state index in [2.05, 4.69) is 10.2 Å². The molecule has 14 heteroatoms. The van der Waals surface area contributed by atoms with Gasteiger partial charge in [-0.15, -0.1) is 0 Å². The van der Waals surface area contributed by atoms with Gasteiger partial charge in [-0.2, -0.15) is 19.8 Å². The maximum absolute atomic E-state index is 14.9. The molecule has 248 valence electrons. The predicted molar refractivity (Wildman–Crippen MR) is 190 cm³/mol. The monoisotopic (exact) mass is 733 g/mol. The Hall–Kier alpha value is -4.84. The average Bonchev–Trinajstić information content (AvgIpc) is 3.66. The molecule has 0 bridgehead atoms. The van der Waals surface area contributed by atoms with Crippen molar-refractivity contribution in [1.29, 1.82) is 0 Å². The lowest BCUT2D eigenvalue weighted by atomic mass is 9.96. The molecule has 2 heterocycles. The number of hydrogen-bond donors (Lipinski definition) is 2. The molecule has 2 aromatic heterocycles. The number of rotatable bonds is 9. The second-order valence-electron chi connectivity index (χ2n) is 11.0. The summed E-state index contributed by atoms with van der Waals surface area (Å²) in [5.41, 5.74) is 3.80. The highest BCUT2D eigenvalue weighted by atomic mass is 35.5. The fourth-order valence-electron chi connectivity index (χ4n) is 5.53. The van der Waals surface area contributed by atoms with Crippen LogP contribution in [0.1, 0.15) is 15.9 Å². The lowest BCUT2D eigenvalue weighted by molar-refractivity contribution is 0.0956. The number of nitrogens with one attached hydrogen (secondary N) is 1. The zero-order valence-corrected chi connectivity index (χ0v) is 28.7. The number of fused-ring (bicyclic) bond motifs is 1. The highest BCUT2D eigenvalue weighted by Crippen LogP contribution is 2.48. The fourth-order valence-corrected chi connectivity index (χ4v) is 8.41. The van der Waals surface area contributed by atoms with Gasteiger partial charge in [0.05, 0.1) is 28.4 Å². The first-order valence-corrected chi connectivity index (χ1v) is 18.8. The summed E-state index contributed by atoms with van der Waals surface area (Å²) in [4.78, 5) is 16.3. The van der Waals surface area contributed by atoms with Crippen molar-refractivity contribution in [1.82, 2.24) is 9.29 Å². The highest BCUT2D eigenvalue weighted by Gasteiger charge is 2.30. The zero-order chi connectivity index (χ0) is 35.1. The van der Waals surface area contributed by atoms with Gasteiger partial charge in [-0.1, -0.05) is 59.6 Å². The number of carbonyl (C=O) groups is 1. The molecule has 2 N–H and O–H groups in total. The molecule has 49 heavy (non-hydrogen) atoms. The van der Waals surface area contributed by atoms with Crippen LogP contribution in [0.25, 0.3) is 49.3 Å². The van der Waals surface area contributed by atoms with Crippen LogP contribution in [-0.2, 0) is 20.1 Å². The van der Waals surface area contributed by atoms with Gasteiger partial charge in [-0.05, 0) is 66.4 Å². The molecule has 6 rings (SSSR count). The molecular formula is C35H25ClFN3O6S3. The normalized spacial score (nSPS) is 11.8. The van der Waals surface area contributed by atoms with E-state index in [9.17, 15) is 26.0 Å². The van der Waals surface area contributed by atoms with Crippen molar-refractivity contribution < 1.29 is 30.6 Å². The molecule has 9 nitrogen and oxygen atoms in total. The van der Waals surface area contributed by atoms with Crippen molar-refractivity contribution in [2.24, 2.45) is 0 Å². The van der Waals surface area contributed by atoms with Crippen molar-refractivity contribution in [3.8, 4) is 33.5 Å². The van der Waals surface area contributed by atoms with E-state index in [1.807, 2.05) is 6.92 Å². The maximum atomic E-state index is 14.9. The van der Waals surface area contributed by atoms with Crippen LogP contribution in [0.5, 0.6) is 0 Å². The SMILES string of the molecule is [C-]#[N+]c1sccc1-c1c(-c2cccc(-c3ccc(C(=O)NCCS(=O)(=O)O)cc3Cl)c2)n(S(=O)(=O)c2ccc(C)cc2)c2ccc(F)cc12. The Bertz CT molecular complexity index is 2540. The van der Waals surface area contributed by atoms with Crippen LogP contribution in [0.15, 0.2) is 101 Å². The van der Waals surface area contributed by atoms with Crippen molar-refractivity contribution in [3.05, 3.63) is 130 Å². The van der Waals surface area contributed by atoms with E-state index < -0.39 is 37.6 Å². The molecule has 0 fully saturated rings. The Kier molecular flexibility index (Phi) is 9.19. The molecule has 4 aromatic carbocycles. The van der Waals surface area contributed by atoms with Crippen LogP contribution < -0.4 is 5.32 Å². The van der Waals surface area contributed by atoms with E-state index in [-0.39, 0.29) is 33.2 Å².